The molecule has 0 bridgehead atoms. The summed E-state index contributed by atoms with van der Waals surface area (Å²) in [7, 11) is 1.62. The van der Waals surface area contributed by atoms with E-state index in [2.05, 4.69) is 5.32 Å². The van der Waals surface area contributed by atoms with Gasteiger partial charge < -0.3 is 15.0 Å². The number of rotatable bonds is 8. The molecular formula is C16H24N2O3. The summed E-state index contributed by atoms with van der Waals surface area (Å²) < 4.78 is 5.17. The summed E-state index contributed by atoms with van der Waals surface area (Å²) in [5, 5.41) is 2.78. The number of methoxy groups -OCH3 is 1. The Morgan fingerprint density at radius 1 is 1.33 bits per heavy atom. The van der Waals surface area contributed by atoms with Crippen molar-refractivity contribution < 1.29 is 14.3 Å². The van der Waals surface area contributed by atoms with Crippen LogP contribution in [0.15, 0.2) is 24.3 Å². The minimum atomic E-state index is -0.113. The standard InChI is InChI=1S/C16H24N2O3/c1-4-9-17-16(20)12-18(13(2)19)10-8-14-6-5-7-15(11-14)21-3/h5-7,11H,4,8-10,12H2,1-3H3,(H,17,20). The molecule has 1 aromatic carbocycles. The molecule has 0 spiro atoms. The molecule has 0 aromatic heterocycles. The van der Waals surface area contributed by atoms with Crippen LogP contribution >= 0.6 is 0 Å². The maximum absolute atomic E-state index is 11.7. The van der Waals surface area contributed by atoms with E-state index in [1.807, 2.05) is 31.2 Å². The van der Waals surface area contributed by atoms with Crippen LogP contribution in [0.4, 0.5) is 0 Å². The van der Waals surface area contributed by atoms with Crippen LogP contribution in [-0.4, -0.2) is 43.5 Å². The molecule has 0 atom stereocenters. The predicted octanol–water partition coefficient (Wildman–Crippen LogP) is 1.61. The Balaban J connectivity index is 2.54. The molecule has 5 heteroatoms. The molecule has 21 heavy (non-hydrogen) atoms. The van der Waals surface area contributed by atoms with Crippen molar-refractivity contribution in [3.05, 3.63) is 29.8 Å². The van der Waals surface area contributed by atoms with E-state index in [-0.39, 0.29) is 18.4 Å². The Kier molecular flexibility index (Phi) is 7.29. The Labute approximate surface area is 126 Å². The third-order valence-corrected chi connectivity index (χ3v) is 3.16. The summed E-state index contributed by atoms with van der Waals surface area (Å²) in [6.45, 7) is 4.74. The maximum Gasteiger partial charge on any atom is 0.239 e. The smallest absolute Gasteiger partial charge is 0.239 e. The number of carbonyl (C=O) groups is 2. The first-order valence-corrected chi connectivity index (χ1v) is 7.22. The largest absolute Gasteiger partial charge is 0.497 e. The second-order valence-corrected chi connectivity index (χ2v) is 4.89. The van der Waals surface area contributed by atoms with Crippen LogP contribution in [0.25, 0.3) is 0 Å². The van der Waals surface area contributed by atoms with Gasteiger partial charge in [-0.2, -0.15) is 0 Å². The fraction of sp³-hybridized carbons (Fsp3) is 0.500. The lowest BCUT2D eigenvalue weighted by atomic mass is 10.1. The molecule has 0 saturated heterocycles. The Hall–Kier alpha value is -2.04. The zero-order valence-electron chi connectivity index (χ0n) is 13.0. The lowest BCUT2D eigenvalue weighted by Gasteiger charge is -2.20. The van der Waals surface area contributed by atoms with Crippen LogP contribution in [-0.2, 0) is 16.0 Å². The number of carbonyl (C=O) groups excluding carboxylic acids is 2. The lowest BCUT2D eigenvalue weighted by molar-refractivity contribution is -0.134. The lowest BCUT2D eigenvalue weighted by Crippen LogP contribution is -2.40. The van der Waals surface area contributed by atoms with Crippen molar-refractivity contribution in [3.63, 3.8) is 0 Å². The molecule has 116 valence electrons. The molecule has 0 radical (unpaired) electrons. The molecule has 0 aliphatic rings. The van der Waals surface area contributed by atoms with Gasteiger partial charge in [-0.3, -0.25) is 9.59 Å². The minimum Gasteiger partial charge on any atom is -0.497 e. The number of nitrogens with one attached hydrogen (secondary N) is 1. The van der Waals surface area contributed by atoms with E-state index in [1.54, 1.807) is 12.0 Å². The molecule has 0 saturated carbocycles. The zero-order valence-corrected chi connectivity index (χ0v) is 13.0. The van der Waals surface area contributed by atoms with E-state index in [0.29, 0.717) is 19.5 Å². The highest BCUT2D eigenvalue weighted by atomic mass is 16.5. The van der Waals surface area contributed by atoms with Gasteiger partial charge in [0, 0.05) is 20.0 Å². The van der Waals surface area contributed by atoms with Crippen molar-refractivity contribution >= 4 is 11.8 Å². The monoisotopic (exact) mass is 292 g/mol. The van der Waals surface area contributed by atoms with Crippen molar-refractivity contribution in [1.29, 1.82) is 0 Å². The number of ether oxygens (including phenoxy) is 1. The van der Waals surface area contributed by atoms with Crippen molar-refractivity contribution in [2.24, 2.45) is 0 Å². The molecule has 0 heterocycles. The van der Waals surface area contributed by atoms with Crippen molar-refractivity contribution in [3.8, 4) is 5.75 Å². The Morgan fingerprint density at radius 3 is 2.71 bits per heavy atom. The van der Waals surface area contributed by atoms with Crippen molar-refractivity contribution in [2.75, 3.05) is 26.7 Å². The average molecular weight is 292 g/mol. The average Bonchev–Trinajstić information content (AvgIpc) is 2.49. The minimum absolute atomic E-state index is 0.0930. The quantitative estimate of drug-likeness (QED) is 0.792. The highest BCUT2D eigenvalue weighted by Gasteiger charge is 2.13. The van der Waals surface area contributed by atoms with Gasteiger partial charge in [-0.1, -0.05) is 19.1 Å². The second kappa shape index (κ2) is 9.00. The third-order valence-electron chi connectivity index (χ3n) is 3.16. The number of hydrogen-bond donors (Lipinski definition) is 1. The topological polar surface area (TPSA) is 58.6 Å². The maximum atomic E-state index is 11.7. The van der Waals surface area contributed by atoms with E-state index in [0.717, 1.165) is 17.7 Å². The number of hydrogen-bond acceptors (Lipinski definition) is 3. The van der Waals surface area contributed by atoms with Gasteiger partial charge in [0.25, 0.3) is 0 Å². The number of amides is 2. The van der Waals surface area contributed by atoms with E-state index < -0.39 is 0 Å². The molecule has 0 unspecified atom stereocenters. The highest BCUT2D eigenvalue weighted by Crippen LogP contribution is 2.13. The molecule has 5 nitrogen and oxygen atoms in total. The molecular weight excluding hydrogens is 268 g/mol. The molecule has 0 aliphatic heterocycles. The summed E-state index contributed by atoms with van der Waals surface area (Å²) in [6, 6.07) is 7.72. The molecule has 1 rings (SSSR count). The number of benzene rings is 1. The van der Waals surface area contributed by atoms with Crippen molar-refractivity contribution in [1.82, 2.24) is 10.2 Å². The summed E-state index contributed by atoms with van der Waals surface area (Å²) in [6.07, 6.45) is 1.58. The van der Waals surface area contributed by atoms with E-state index in [9.17, 15) is 9.59 Å². The van der Waals surface area contributed by atoms with Crippen LogP contribution < -0.4 is 10.1 Å². The van der Waals surface area contributed by atoms with Crippen LogP contribution in [0, 0.1) is 0 Å². The van der Waals surface area contributed by atoms with Crippen molar-refractivity contribution in [2.45, 2.75) is 26.7 Å². The second-order valence-electron chi connectivity index (χ2n) is 4.89. The first kappa shape index (κ1) is 17.0. The summed E-state index contributed by atoms with van der Waals surface area (Å²) in [5.41, 5.74) is 1.08. The Morgan fingerprint density at radius 2 is 2.10 bits per heavy atom. The molecule has 0 fully saturated rings. The summed E-state index contributed by atoms with van der Waals surface area (Å²) in [5.74, 6) is 0.588. The van der Waals surface area contributed by atoms with Crippen LogP contribution in [0.1, 0.15) is 25.8 Å². The van der Waals surface area contributed by atoms with Crippen LogP contribution in [0.2, 0.25) is 0 Å². The van der Waals surface area contributed by atoms with Gasteiger partial charge in [-0.25, -0.2) is 0 Å². The van der Waals surface area contributed by atoms with E-state index in [1.165, 1.54) is 6.92 Å². The van der Waals surface area contributed by atoms with Gasteiger partial charge in [-0.15, -0.1) is 0 Å². The SMILES string of the molecule is CCCNC(=O)CN(CCc1cccc(OC)c1)C(C)=O. The van der Waals surface area contributed by atoms with E-state index >= 15 is 0 Å². The third kappa shape index (κ3) is 6.29. The molecule has 2 amide bonds. The molecule has 1 aromatic rings. The fourth-order valence-corrected chi connectivity index (χ4v) is 1.93. The molecule has 1 N–H and O–H groups in total. The predicted molar refractivity (Wildman–Crippen MR) is 82.3 cm³/mol. The van der Waals surface area contributed by atoms with Gasteiger partial charge in [0.15, 0.2) is 0 Å². The zero-order chi connectivity index (χ0) is 15.7. The first-order valence-electron chi connectivity index (χ1n) is 7.22. The van der Waals surface area contributed by atoms with Gasteiger partial charge in [0.1, 0.15) is 5.75 Å². The van der Waals surface area contributed by atoms with Gasteiger partial charge >= 0.3 is 0 Å². The summed E-state index contributed by atoms with van der Waals surface area (Å²) >= 11 is 0. The molecule has 0 aliphatic carbocycles. The Bertz CT molecular complexity index is 474. The van der Waals surface area contributed by atoms with Gasteiger partial charge in [0.2, 0.25) is 11.8 Å². The highest BCUT2D eigenvalue weighted by molar-refractivity contribution is 5.83. The van der Waals surface area contributed by atoms with Crippen LogP contribution in [0.5, 0.6) is 5.75 Å². The van der Waals surface area contributed by atoms with Gasteiger partial charge in [-0.05, 0) is 30.5 Å². The van der Waals surface area contributed by atoms with E-state index in [4.69, 9.17) is 4.74 Å². The van der Waals surface area contributed by atoms with Gasteiger partial charge in [0.05, 0.1) is 13.7 Å². The first-order chi connectivity index (χ1) is 10.1. The normalized spacial score (nSPS) is 10.0. The van der Waals surface area contributed by atoms with Crippen LogP contribution in [0.3, 0.4) is 0 Å². The summed E-state index contributed by atoms with van der Waals surface area (Å²) in [4.78, 5) is 24.9. The fourth-order valence-electron chi connectivity index (χ4n) is 1.93. The number of nitrogens with zero attached hydrogens (tertiary/aromatic N) is 1.